The normalized spacial score (nSPS) is 20.8. The highest BCUT2D eigenvalue weighted by atomic mass is 19.1. The van der Waals surface area contributed by atoms with Gasteiger partial charge in [0.25, 0.3) is 11.8 Å². The number of allylic oxidation sites excluding steroid dienone is 1. The smallest absolute Gasteiger partial charge is 0.278 e. The molecule has 5 aliphatic rings. The second-order valence-electron chi connectivity index (χ2n) is 16.2. The molecule has 1 spiro atoms. The number of fused-ring (bicyclic) bond motifs is 1. The van der Waals surface area contributed by atoms with Gasteiger partial charge in [0, 0.05) is 87.0 Å². The van der Waals surface area contributed by atoms with E-state index in [0.717, 1.165) is 63.9 Å². The summed E-state index contributed by atoms with van der Waals surface area (Å²) in [6, 6.07) is 20.9. The molecule has 12 nitrogen and oxygen atoms in total. The van der Waals surface area contributed by atoms with Crippen molar-refractivity contribution in [3.05, 3.63) is 106 Å². The minimum atomic E-state index is -0.743. The number of nitrogens with one attached hydrogen (secondary N) is 2. The number of rotatable bonds is 11. The molecule has 0 bridgehead atoms. The standard InChI is InChI=1S/C44H48FN7O5/c1-55-40-19-27(11-14-47-40)25-50-17-18-52(37(26-50)32-6-4-3-5-31(32)28-7-8-28)30-23-44(24-30)12-15-51(16-13-44)29-9-10-33(42(53)49-54)38(20-29)57-39-21-34-35(45)22-36(46)41(34)48-43(39)56-2/h3-6,9-11,14,19-22,28,30,37,46,54H,7-8,12-13,15-18,23-26H2,1-2H3,(H,49,53)/t37-/m0/s1. The van der Waals surface area contributed by atoms with Crippen LogP contribution in [0.25, 0.3) is 5.83 Å². The summed E-state index contributed by atoms with van der Waals surface area (Å²) in [5, 5.41) is 17.6. The largest absolute Gasteiger partial charge is 0.481 e. The number of anilines is 1. The topological polar surface area (TPSA) is 136 Å². The number of halogens is 1. The number of nitrogens with zero attached hydrogens (tertiary/aromatic N) is 5. The van der Waals surface area contributed by atoms with E-state index in [2.05, 4.69) is 55.0 Å². The number of carbonyl (C=O) groups is 1. The molecule has 2 aromatic heterocycles. The molecule has 13 heteroatoms. The maximum atomic E-state index is 14.6. The third-order valence-electron chi connectivity index (χ3n) is 12.8. The van der Waals surface area contributed by atoms with Gasteiger partial charge in [0.2, 0.25) is 5.88 Å². The fourth-order valence-corrected chi connectivity index (χ4v) is 9.55. The number of hydrogen-bond acceptors (Lipinski definition) is 11. The maximum Gasteiger partial charge on any atom is 0.278 e. The summed E-state index contributed by atoms with van der Waals surface area (Å²) in [7, 11) is 3.07. The van der Waals surface area contributed by atoms with Crippen LogP contribution in [-0.4, -0.2) is 89.6 Å². The van der Waals surface area contributed by atoms with Crippen LogP contribution in [-0.2, 0) is 6.54 Å². The van der Waals surface area contributed by atoms with Gasteiger partial charge in [-0.2, -0.15) is 0 Å². The number of benzene rings is 2. The van der Waals surface area contributed by atoms with Crippen LogP contribution in [0.3, 0.4) is 0 Å². The van der Waals surface area contributed by atoms with Gasteiger partial charge in [-0.05, 0) is 90.8 Å². The predicted molar refractivity (Wildman–Crippen MR) is 213 cm³/mol. The second-order valence-corrected chi connectivity index (χ2v) is 16.2. The van der Waals surface area contributed by atoms with Gasteiger partial charge in [-0.15, -0.1) is 0 Å². The average Bonchev–Trinajstić information content (AvgIpc) is 4.04. The second kappa shape index (κ2) is 15.2. The summed E-state index contributed by atoms with van der Waals surface area (Å²) in [6.07, 6.45) is 9.97. The summed E-state index contributed by atoms with van der Waals surface area (Å²) >= 11 is 0. The molecule has 2 saturated carbocycles. The van der Waals surface area contributed by atoms with E-state index in [0.29, 0.717) is 23.9 Å². The molecule has 2 aromatic carbocycles. The lowest BCUT2D eigenvalue weighted by molar-refractivity contribution is -0.0627. The van der Waals surface area contributed by atoms with E-state index in [9.17, 15) is 14.4 Å². The molecule has 2 saturated heterocycles. The maximum absolute atomic E-state index is 14.6. The van der Waals surface area contributed by atoms with Gasteiger partial charge >= 0.3 is 0 Å². The molecule has 1 atom stereocenters. The first-order valence-corrected chi connectivity index (χ1v) is 19.9. The molecule has 4 heterocycles. The lowest BCUT2D eigenvalue weighted by atomic mass is 9.59. The van der Waals surface area contributed by atoms with Crippen molar-refractivity contribution in [1.82, 2.24) is 25.2 Å². The van der Waals surface area contributed by atoms with E-state index in [1.807, 2.05) is 18.3 Å². The lowest BCUT2D eigenvalue weighted by Gasteiger charge is -2.58. The summed E-state index contributed by atoms with van der Waals surface area (Å²) in [5.41, 5.74) is 7.43. The van der Waals surface area contributed by atoms with E-state index in [1.54, 1.807) is 24.7 Å². The van der Waals surface area contributed by atoms with Crippen LogP contribution in [0.2, 0.25) is 0 Å². The summed E-state index contributed by atoms with van der Waals surface area (Å²) in [6.45, 7) is 5.63. The molecule has 4 aromatic rings. The monoisotopic (exact) mass is 773 g/mol. The van der Waals surface area contributed by atoms with E-state index >= 15 is 0 Å². The zero-order valence-corrected chi connectivity index (χ0v) is 32.3. The SMILES string of the molecule is COc1cc(CN2CCN(C3CC4(CCN(c5ccc(C(=O)NO)c(Oc6cc7c(nc6OC)C(=N)C=C7F)c5)CC4)C3)[C@H](c3ccccc3C3CC3)C2)ccn1. The Hall–Kier alpha value is -5.37. The summed E-state index contributed by atoms with van der Waals surface area (Å²) in [5.74, 6) is 0.303. The number of aromatic nitrogens is 2. The minimum absolute atomic E-state index is 0.0518. The number of ether oxygens (including phenoxy) is 3. The fraction of sp³-hybridized carbons (Fsp3) is 0.409. The Labute approximate surface area is 331 Å². The average molecular weight is 774 g/mol. The van der Waals surface area contributed by atoms with Crippen molar-refractivity contribution in [2.45, 2.75) is 63.1 Å². The highest BCUT2D eigenvalue weighted by molar-refractivity contribution is 6.15. The fourth-order valence-electron chi connectivity index (χ4n) is 9.55. The Bertz CT molecular complexity index is 2230. The molecule has 1 amide bonds. The number of piperidine rings is 1. The summed E-state index contributed by atoms with van der Waals surface area (Å²) in [4.78, 5) is 29.1. The molecule has 296 valence electrons. The Morgan fingerprint density at radius 3 is 2.51 bits per heavy atom. The van der Waals surface area contributed by atoms with Crippen LogP contribution in [0.15, 0.2) is 72.9 Å². The minimum Gasteiger partial charge on any atom is -0.481 e. The number of carbonyl (C=O) groups excluding carboxylic acids is 1. The summed E-state index contributed by atoms with van der Waals surface area (Å²) < 4.78 is 31.7. The van der Waals surface area contributed by atoms with Gasteiger partial charge < -0.3 is 19.1 Å². The number of hydrogen-bond donors (Lipinski definition) is 3. The first kappa shape index (κ1) is 37.2. The zero-order chi connectivity index (χ0) is 39.3. The molecule has 0 radical (unpaired) electrons. The Morgan fingerprint density at radius 1 is 0.982 bits per heavy atom. The molecule has 4 fully saturated rings. The molecular weight excluding hydrogens is 726 g/mol. The Kier molecular flexibility index (Phi) is 9.91. The molecule has 3 N–H and O–H groups in total. The van der Waals surface area contributed by atoms with Crippen molar-refractivity contribution < 1.29 is 28.6 Å². The van der Waals surface area contributed by atoms with Crippen LogP contribution in [0, 0.1) is 10.8 Å². The number of amides is 1. The Balaban J connectivity index is 0.896. The van der Waals surface area contributed by atoms with Gasteiger partial charge in [0.1, 0.15) is 17.3 Å². The number of pyridine rings is 2. The van der Waals surface area contributed by atoms with Crippen molar-refractivity contribution in [2.24, 2.45) is 5.41 Å². The van der Waals surface area contributed by atoms with Crippen molar-refractivity contribution in [2.75, 3.05) is 51.8 Å². The van der Waals surface area contributed by atoms with Gasteiger partial charge in [-0.25, -0.2) is 19.8 Å². The number of methoxy groups -OCH3 is 2. The van der Waals surface area contributed by atoms with Gasteiger partial charge in [0.15, 0.2) is 5.75 Å². The van der Waals surface area contributed by atoms with Crippen molar-refractivity contribution in [3.8, 4) is 23.3 Å². The van der Waals surface area contributed by atoms with Gasteiger partial charge in [-0.3, -0.25) is 25.2 Å². The van der Waals surface area contributed by atoms with Crippen LogP contribution >= 0.6 is 0 Å². The molecule has 0 unspecified atom stereocenters. The highest BCUT2D eigenvalue weighted by Crippen LogP contribution is 2.54. The lowest BCUT2D eigenvalue weighted by Crippen LogP contribution is -2.59. The molecule has 57 heavy (non-hydrogen) atoms. The molecule has 2 aliphatic heterocycles. The first-order chi connectivity index (χ1) is 27.7. The van der Waals surface area contributed by atoms with E-state index in [-0.39, 0.29) is 45.3 Å². The van der Waals surface area contributed by atoms with Gasteiger partial charge in [0.05, 0.1) is 25.5 Å². The van der Waals surface area contributed by atoms with Crippen molar-refractivity contribution in [1.29, 1.82) is 5.41 Å². The number of hydroxylamine groups is 1. The first-order valence-electron chi connectivity index (χ1n) is 19.9. The predicted octanol–water partition coefficient (Wildman–Crippen LogP) is 7.28. The van der Waals surface area contributed by atoms with Crippen LogP contribution in [0.1, 0.15) is 88.8 Å². The van der Waals surface area contributed by atoms with Crippen LogP contribution in [0.4, 0.5) is 10.1 Å². The number of piperazine rings is 1. The van der Waals surface area contributed by atoms with Crippen molar-refractivity contribution in [3.63, 3.8) is 0 Å². The third-order valence-corrected chi connectivity index (χ3v) is 12.8. The van der Waals surface area contributed by atoms with Crippen LogP contribution < -0.4 is 24.6 Å². The third kappa shape index (κ3) is 7.24. The van der Waals surface area contributed by atoms with E-state index in [1.165, 1.54) is 55.5 Å². The zero-order valence-electron chi connectivity index (χ0n) is 32.3. The quantitative estimate of drug-likeness (QED) is 0.105. The van der Waals surface area contributed by atoms with Crippen molar-refractivity contribution >= 4 is 23.1 Å². The molecule has 3 aliphatic carbocycles. The van der Waals surface area contributed by atoms with Crippen LogP contribution in [0.5, 0.6) is 23.3 Å². The molecular formula is C44H48FN7O5. The Morgan fingerprint density at radius 2 is 1.77 bits per heavy atom. The van der Waals surface area contributed by atoms with E-state index in [4.69, 9.17) is 19.6 Å². The van der Waals surface area contributed by atoms with E-state index < -0.39 is 11.7 Å². The van der Waals surface area contributed by atoms with Gasteiger partial charge in [-0.1, -0.05) is 24.3 Å². The molecule has 9 rings (SSSR count). The highest BCUT2D eigenvalue weighted by Gasteiger charge is 2.50.